The van der Waals surface area contributed by atoms with Crippen molar-refractivity contribution in [3.8, 4) is 0 Å². The Bertz CT molecular complexity index is 727. The molecule has 1 aromatic heterocycles. The number of amides is 1. The summed E-state index contributed by atoms with van der Waals surface area (Å²) in [6.07, 6.45) is 4.58. The van der Waals surface area contributed by atoms with Crippen LogP contribution < -0.4 is 5.32 Å². The fourth-order valence-corrected chi connectivity index (χ4v) is 3.19. The average Bonchev–Trinajstić information content (AvgIpc) is 3.12. The summed E-state index contributed by atoms with van der Waals surface area (Å²) in [6, 6.07) is 8.67. The third kappa shape index (κ3) is 3.76. The van der Waals surface area contributed by atoms with Gasteiger partial charge in [0.1, 0.15) is 0 Å². The van der Waals surface area contributed by atoms with Gasteiger partial charge in [-0.15, -0.1) is 0 Å². The number of benzene rings is 1. The molecule has 5 heteroatoms. The van der Waals surface area contributed by atoms with E-state index < -0.39 is 0 Å². The van der Waals surface area contributed by atoms with Crippen LogP contribution in [0.25, 0.3) is 0 Å². The first-order chi connectivity index (χ1) is 11.9. The Labute approximate surface area is 150 Å². The Morgan fingerprint density at radius 2 is 2.00 bits per heavy atom. The molecule has 1 unspecified atom stereocenters. The number of carbonyl (C=O) groups is 1. The van der Waals surface area contributed by atoms with Crippen LogP contribution >= 0.6 is 0 Å². The maximum atomic E-state index is 13.1. The number of rotatable bonds is 3. The molecule has 1 aromatic carbocycles. The van der Waals surface area contributed by atoms with Gasteiger partial charge in [-0.1, -0.05) is 31.2 Å². The fourth-order valence-electron chi connectivity index (χ4n) is 3.19. The number of aromatic nitrogens is 2. The summed E-state index contributed by atoms with van der Waals surface area (Å²) in [5, 5.41) is 7.79. The number of hydrogen-bond donors (Lipinski definition) is 1. The second-order valence-electron chi connectivity index (χ2n) is 7.66. The van der Waals surface area contributed by atoms with E-state index in [9.17, 15) is 4.79 Å². The SMILES string of the molecule is CCc1ccc(C2CNCCN2C(=O)c2cnn(C(C)(C)C)c2)cc1. The number of nitrogens with one attached hydrogen (secondary N) is 1. The van der Waals surface area contributed by atoms with Crippen molar-refractivity contribution in [2.24, 2.45) is 0 Å². The predicted molar refractivity (Wildman–Crippen MR) is 99.7 cm³/mol. The van der Waals surface area contributed by atoms with Crippen LogP contribution in [0.4, 0.5) is 0 Å². The molecule has 134 valence electrons. The molecule has 0 bridgehead atoms. The van der Waals surface area contributed by atoms with E-state index in [0.29, 0.717) is 12.1 Å². The highest BCUT2D eigenvalue weighted by Crippen LogP contribution is 2.25. The summed E-state index contributed by atoms with van der Waals surface area (Å²) < 4.78 is 1.85. The molecule has 0 saturated carbocycles. The first-order valence-corrected chi connectivity index (χ1v) is 9.06. The minimum absolute atomic E-state index is 0.0570. The molecular formula is C20H28N4O. The average molecular weight is 340 g/mol. The highest BCUT2D eigenvalue weighted by atomic mass is 16.2. The van der Waals surface area contributed by atoms with Crippen molar-refractivity contribution in [2.45, 2.75) is 45.7 Å². The van der Waals surface area contributed by atoms with Gasteiger partial charge in [-0.3, -0.25) is 9.48 Å². The first kappa shape index (κ1) is 17.7. The summed E-state index contributed by atoms with van der Waals surface area (Å²) in [5.41, 5.74) is 3.03. The quantitative estimate of drug-likeness (QED) is 0.934. The van der Waals surface area contributed by atoms with Crippen LogP contribution in [0.2, 0.25) is 0 Å². The van der Waals surface area contributed by atoms with Crippen LogP contribution in [-0.2, 0) is 12.0 Å². The molecule has 1 amide bonds. The third-order valence-corrected chi connectivity index (χ3v) is 4.79. The van der Waals surface area contributed by atoms with Crippen LogP contribution in [0.1, 0.15) is 55.2 Å². The summed E-state index contributed by atoms with van der Waals surface area (Å²) in [7, 11) is 0. The second kappa shape index (κ2) is 7.00. The van der Waals surface area contributed by atoms with Crippen molar-refractivity contribution in [1.29, 1.82) is 0 Å². The second-order valence-corrected chi connectivity index (χ2v) is 7.66. The molecule has 5 nitrogen and oxygen atoms in total. The van der Waals surface area contributed by atoms with E-state index in [1.54, 1.807) is 6.20 Å². The molecule has 1 aliphatic rings. The smallest absolute Gasteiger partial charge is 0.257 e. The van der Waals surface area contributed by atoms with Crippen molar-refractivity contribution in [3.63, 3.8) is 0 Å². The molecule has 1 aliphatic heterocycles. The van der Waals surface area contributed by atoms with Gasteiger partial charge in [0.25, 0.3) is 5.91 Å². The lowest BCUT2D eigenvalue weighted by Gasteiger charge is -2.36. The van der Waals surface area contributed by atoms with E-state index in [1.165, 1.54) is 11.1 Å². The highest BCUT2D eigenvalue weighted by Gasteiger charge is 2.29. The summed E-state index contributed by atoms with van der Waals surface area (Å²) in [4.78, 5) is 15.1. The van der Waals surface area contributed by atoms with Crippen molar-refractivity contribution >= 4 is 5.91 Å². The van der Waals surface area contributed by atoms with Crippen molar-refractivity contribution in [1.82, 2.24) is 20.0 Å². The van der Waals surface area contributed by atoms with Crippen molar-refractivity contribution < 1.29 is 4.79 Å². The van der Waals surface area contributed by atoms with Crippen LogP contribution in [0.5, 0.6) is 0 Å². The Morgan fingerprint density at radius 3 is 2.60 bits per heavy atom. The predicted octanol–water partition coefficient (Wildman–Crippen LogP) is 2.99. The molecule has 1 N–H and O–H groups in total. The maximum Gasteiger partial charge on any atom is 0.257 e. The molecular weight excluding hydrogens is 312 g/mol. The third-order valence-electron chi connectivity index (χ3n) is 4.79. The largest absolute Gasteiger partial charge is 0.329 e. The number of aryl methyl sites for hydroxylation is 1. The Kier molecular flexibility index (Phi) is 4.95. The van der Waals surface area contributed by atoms with Crippen molar-refractivity contribution in [3.05, 3.63) is 53.3 Å². The molecule has 1 atom stereocenters. The Morgan fingerprint density at radius 1 is 1.28 bits per heavy atom. The number of nitrogens with zero attached hydrogens (tertiary/aromatic N) is 3. The maximum absolute atomic E-state index is 13.1. The van der Waals surface area contributed by atoms with E-state index in [1.807, 2.05) is 15.8 Å². The topological polar surface area (TPSA) is 50.2 Å². The van der Waals surface area contributed by atoms with Gasteiger partial charge >= 0.3 is 0 Å². The first-order valence-electron chi connectivity index (χ1n) is 9.06. The van der Waals surface area contributed by atoms with Gasteiger partial charge in [0.2, 0.25) is 0 Å². The molecule has 1 saturated heterocycles. The molecule has 1 fully saturated rings. The van der Waals surface area contributed by atoms with Gasteiger partial charge in [-0.25, -0.2) is 0 Å². The molecule has 2 aromatic rings. The van der Waals surface area contributed by atoms with Crippen LogP contribution in [-0.4, -0.2) is 40.2 Å². The normalized spacial score (nSPS) is 18.4. The lowest BCUT2D eigenvalue weighted by atomic mass is 10.0. The van der Waals surface area contributed by atoms with Gasteiger partial charge in [-0.05, 0) is 38.3 Å². The zero-order valence-electron chi connectivity index (χ0n) is 15.6. The standard InChI is InChI=1S/C20H28N4O/c1-5-15-6-8-16(9-7-15)18-13-21-10-11-23(18)19(25)17-12-22-24(14-17)20(2,3)4/h6-9,12,14,18,21H,5,10-11,13H2,1-4H3. The summed E-state index contributed by atoms with van der Waals surface area (Å²) >= 11 is 0. The summed E-state index contributed by atoms with van der Waals surface area (Å²) in [5.74, 6) is 0.0570. The van der Waals surface area contributed by atoms with Crippen LogP contribution in [0.3, 0.4) is 0 Å². The Balaban J connectivity index is 1.84. The van der Waals surface area contributed by atoms with Crippen LogP contribution in [0, 0.1) is 0 Å². The van der Waals surface area contributed by atoms with E-state index in [0.717, 1.165) is 19.5 Å². The van der Waals surface area contributed by atoms with E-state index >= 15 is 0 Å². The molecule has 25 heavy (non-hydrogen) atoms. The van der Waals surface area contributed by atoms with Crippen molar-refractivity contribution in [2.75, 3.05) is 19.6 Å². The van der Waals surface area contributed by atoms with Crippen LogP contribution in [0.15, 0.2) is 36.7 Å². The lowest BCUT2D eigenvalue weighted by Crippen LogP contribution is -2.48. The fraction of sp³-hybridized carbons (Fsp3) is 0.500. The van der Waals surface area contributed by atoms with E-state index in [2.05, 4.69) is 62.4 Å². The van der Waals surface area contributed by atoms with Gasteiger partial charge < -0.3 is 10.2 Å². The lowest BCUT2D eigenvalue weighted by molar-refractivity contribution is 0.0634. The van der Waals surface area contributed by atoms with Gasteiger partial charge in [0.05, 0.1) is 23.3 Å². The van der Waals surface area contributed by atoms with Gasteiger partial charge in [0.15, 0.2) is 0 Å². The molecule has 0 radical (unpaired) electrons. The van der Waals surface area contributed by atoms with Gasteiger partial charge in [-0.2, -0.15) is 5.10 Å². The number of carbonyl (C=O) groups excluding carboxylic acids is 1. The zero-order valence-corrected chi connectivity index (χ0v) is 15.6. The molecule has 0 aliphatic carbocycles. The monoisotopic (exact) mass is 340 g/mol. The number of hydrogen-bond acceptors (Lipinski definition) is 3. The van der Waals surface area contributed by atoms with E-state index in [4.69, 9.17) is 0 Å². The molecule has 3 rings (SSSR count). The summed E-state index contributed by atoms with van der Waals surface area (Å²) in [6.45, 7) is 10.7. The van der Waals surface area contributed by atoms with E-state index in [-0.39, 0.29) is 17.5 Å². The number of piperazine rings is 1. The zero-order chi connectivity index (χ0) is 18.0. The van der Waals surface area contributed by atoms with Gasteiger partial charge in [0, 0.05) is 25.8 Å². The Hall–Kier alpha value is -2.14. The molecule has 2 heterocycles. The highest BCUT2D eigenvalue weighted by molar-refractivity contribution is 5.94. The minimum Gasteiger partial charge on any atom is -0.329 e. The molecule has 0 spiro atoms. The minimum atomic E-state index is -0.128.